The summed E-state index contributed by atoms with van der Waals surface area (Å²) in [6.07, 6.45) is 2.01. The van der Waals surface area contributed by atoms with Gasteiger partial charge in [0.25, 0.3) is 0 Å². The number of hydrogen-bond donors (Lipinski definition) is 1. The van der Waals surface area contributed by atoms with Crippen LogP contribution in [0.3, 0.4) is 0 Å². The second kappa shape index (κ2) is 8.34. The van der Waals surface area contributed by atoms with Crippen molar-refractivity contribution in [3.8, 4) is 11.4 Å². The van der Waals surface area contributed by atoms with Crippen molar-refractivity contribution in [1.82, 2.24) is 19.7 Å². The van der Waals surface area contributed by atoms with Crippen molar-refractivity contribution < 1.29 is 4.74 Å². The molecule has 6 heteroatoms. The highest BCUT2D eigenvalue weighted by Gasteiger charge is 2.17. The number of thioether (sulfide) groups is 1. The highest BCUT2D eigenvalue weighted by molar-refractivity contribution is 7.98. The van der Waals surface area contributed by atoms with Gasteiger partial charge < -0.3 is 9.72 Å². The summed E-state index contributed by atoms with van der Waals surface area (Å²) >= 11 is 1.71. The molecule has 0 spiro atoms. The number of H-pyrrole nitrogens is 1. The fourth-order valence-electron chi connectivity index (χ4n) is 3.80. The molecule has 5 rings (SSSR count). The first-order valence-corrected chi connectivity index (χ1v) is 10.9. The van der Waals surface area contributed by atoms with E-state index in [1.54, 1.807) is 18.9 Å². The number of para-hydroxylation sites is 1. The molecule has 0 saturated heterocycles. The molecule has 0 atom stereocenters. The van der Waals surface area contributed by atoms with Crippen LogP contribution < -0.4 is 0 Å². The minimum Gasteiger partial charge on any atom is -0.383 e. The predicted molar refractivity (Wildman–Crippen MR) is 123 cm³/mol. The molecule has 0 aliphatic carbocycles. The molecule has 2 aromatic heterocycles. The molecule has 0 aliphatic heterocycles. The normalized spacial score (nSPS) is 11.5. The molecule has 0 amide bonds. The third kappa shape index (κ3) is 3.49. The average Bonchev–Trinajstić information content (AvgIpc) is 3.39. The van der Waals surface area contributed by atoms with E-state index in [2.05, 4.69) is 74.3 Å². The minimum absolute atomic E-state index is 0.606. The largest absolute Gasteiger partial charge is 0.383 e. The fourth-order valence-corrected chi connectivity index (χ4v) is 4.76. The van der Waals surface area contributed by atoms with E-state index in [0.29, 0.717) is 13.2 Å². The first-order valence-electron chi connectivity index (χ1n) is 9.93. The van der Waals surface area contributed by atoms with Gasteiger partial charge in [-0.25, -0.2) is 0 Å². The van der Waals surface area contributed by atoms with Crippen LogP contribution in [0.1, 0.15) is 5.56 Å². The molecule has 0 radical (unpaired) electrons. The first-order chi connectivity index (χ1) is 14.8. The quantitative estimate of drug-likeness (QED) is 0.356. The Morgan fingerprint density at radius 2 is 1.73 bits per heavy atom. The summed E-state index contributed by atoms with van der Waals surface area (Å²) in [5.41, 5.74) is 3.46. The van der Waals surface area contributed by atoms with Crippen LogP contribution in [0.2, 0.25) is 0 Å². The van der Waals surface area contributed by atoms with E-state index in [1.165, 1.54) is 16.3 Å². The van der Waals surface area contributed by atoms with Crippen LogP contribution in [-0.2, 0) is 17.0 Å². The molecule has 150 valence electrons. The SMILES string of the molecule is COCCn1c(SCc2cccc3ccccc23)nnc1-c1c[nH]c2ccccc12. The Balaban J connectivity index is 1.49. The number of ether oxygens (including phenoxy) is 1. The Morgan fingerprint density at radius 3 is 2.63 bits per heavy atom. The van der Waals surface area contributed by atoms with Gasteiger partial charge in [-0.2, -0.15) is 0 Å². The van der Waals surface area contributed by atoms with Gasteiger partial charge in [-0.1, -0.05) is 72.4 Å². The maximum atomic E-state index is 5.36. The highest BCUT2D eigenvalue weighted by Crippen LogP contribution is 2.32. The maximum Gasteiger partial charge on any atom is 0.191 e. The second-order valence-corrected chi connectivity index (χ2v) is 8.07. The summed E-state index contributed by atoms with van der Waals surface area (Å²) in [7, 11) is 1.72. The lowest BCUT2D eigenvalue weighted by Crippen LogP contribution is -2.07. The van der Waals surface area contributed by atoms with Crippen molar-refractivity contribution >= 4 is 33.4 Å². The van der Waals surface area contributed by atoms with Crippen LogP contribution in [0.5, 0.6) is 0 Å². The number of nitrogens with one attached hydrogen (secondary N) is 1. The topological polar surface area (TPSA) is 55.7 Å². The molecular formula is C24H22N4OS. The van der Waals surface area contributed by atoms with Crippen molar-refractivity contribution in [2.45, 2.75) is 17.5 Å². The number of nitrogens with zero attached hydrogens (tertiary/aromatic N) is 3. The third-order valence-corrected chi connectivity index (χ3v) is 6.32. The molecular weight excluding hydrogens is 392 g/mol. The van der Waals surface area contributed by atoms with E-state index in [0.717, 1.165) is 33.2 Å². The van der Waals surface area contributed by atoms with Crippen LogP contribution in [0.4, 0.5) is 0 Å². The van der Waals surface area contributed by atoms with E-state index in [4.69, 9.17) is 4.74 Å². The van der Waals surface area contributed by atoms with Gasteiger partial charge in [-0.3, -0.25) is 4.57 Å². The molecule has 0 saturated carbocycles. The van der Waals surface area contributed by atoms with E-state index < -0.39 is 0 Å². The van der Waals surface area contributed by atoms with Crippen molar-refractivity contribution in [1.29, 1.82) is 0 Å². The average molecular weight is 415 g/mol. The zero-order valence-corrected chi connectivity index (χ0v) is 17.5. The van der Waals surface area contributed by atoms with Crippen LogP contribution in [0, 0.1) is 0 Å². The highest BCUT2D eigenvalue weighted by atomic mass is 32.2. The first kappa shape index (κ1) is 18.9. The number of hydrogen-bond acceptors (Lipinski definition) is 4. The minimum atomic E-state index is 0.606. The van der Waals surface area contributed by atoms with Crippen molar-refractivity contribution in [2.24, 2.45) is 0 Å². The lowest BCUT2D eigenvalue weighted by molar-refractivity contribution is 0.185. The van der Waals surface area contributed by atoms with Crippen LogP contribution in [-0.4, -0.2) is 33.5 Å². The predicted octanol–water partition coefficient (Wildman–Crippen LogP) is 5.52. The van der Waals surface area contributed by atoms with E-state index in [-0.39, 0.29) is 0 Å². The second-order valence-electron chi connectivity index (χ2n) is 7.13. The summed E-state index contributed by atoms with van der Waals surface area (Å²) in [6, 6.07) is 23.2. The van der Waals surface area contributed by atoms with Gasteiger partial charge in [0.05, 0.1) is 13.2 Å². The zero-order chi connectivity index (χ0) is 20.3. The summed E-state index contributed by atoms with van der Waals surface area (Å²) in [5, 5.41) is 13.7. The third-order valence-electron chi connectivity index (χ3n) is 5.30. The number of aromatic nitrogens is 4. The summed E-state index contributed by atoms with van der Waals surface area (Å²) in [6.45, 7) is 1.31. The van der Waals surface area contributed by atoms with Crippen molar-refractivity contribution in [2.75, 3.05) is 13.7 Å². The Morgan fingerprint density at radius 1 is 0.933 bits per heavy atom. The van der Waals surface area contributed by atoms with Crippen molar-refractivity contribution in [3.05, 3.63) is 78.5 Å². The van der Waals surface area contributed by atoms with Gasteiger partial charge in [0.2, 0.25) is 0 Å². The molecule has 1 N–H and O–H groups in total. The summed E-state index contributed by atoms with van der Waals surface area (Å²) < 4.78 is 7.52. The lowest BCUT2D eigenvalue weighted by atomic mass is 10.1. The monoisotopic (exact) mass is 414 g/mol. The van der Waals surface area contributed by atoms with Gasteiger partial charge >= 0.3 is 0 Å². The van der Waals surface area contributed by atoms with Crippen molar-refractivity contribution in [3.63, 3.8) is 0 Å². The maximum absolute atomic E-state index is 5.36. The Kier molecular flexibility index (Phi) is 5.26. The molecule has 0 bridgehead atoms. The van der Waals surface area contributed by atoms with Gasteiger partial charge in [0.1, 0.15) is 0 Å². The Hall–Kier alpha value is -3.09. The molecule has 5 aromatic rings. The summed E-state index contributed by atoms with van der Waals surface area (Å²) in [4.78, 5) is 3.34. The lowest BCUT2D eigenvalue weighted by Gasteiger charge is -2.10. The van der Waals surface area contributed by atoms with Gasteiger partial charge in [0, 0.05) is 35.5 Å². The molecule has 0 unspecified atom stereocenters. The smallest absolute Gasteiger partial charge is 0.191 e. The number of aromatic amines is 1. The zero-order valence-electron chi connectivity index (χ0n) is 16.7. The molecule has 0 aliphatic rings. The molecule has 3 aromatic carbocycles. The van der Waals surface area contributed by atoms with Crippen LogP contribution in [0.15, 0.2) is 78.1 Å². The van der Waals surface area contributed by atoms with E-state index >= 15 is 0 Å². The number of benzene rings is 3. The van der Waals surface area contributed by atoms with Gasteiger partial charge in [-0.15, -0.1) is 10.2 Å². The van der Waals surface area contributed by atoms with E-state index in [9.17, 15) is 0 Å². The number of methoxy groups -OCH3 is 1. The summed E-state index contributed by atoms with van der Waals surface area (Å²) in [5.74, 6) is 1.70. The Labute approximate surface area is 179 Å². The number of rotatable bonds is 7. The molecule has 30 heavy (non-hydrogen) atoms. The Bertz CT molecular complexity index is 1300. The van der Waals surface area contributed by atoms with Gasteiger partial charge in [-0.05, 0) is 22.4 Å². The fraction of sp³-hybridized carbons (Fsp3) is 0.167. The van der Waals surface area contributed by atoms with Crippen LogP contribution >= 0.6 is 11.8 Å². The molecule has 0 fully saturated rings. The standard InChI is InChI=1S/C24H22N4OS/c1-29-14-13-28-23(21-15-25-22-12-5-4-11-20(21)22)26-27-24(28)30-16-18-9-6-8-17-7-2-3-10-19(17)18/h2-12,15,25H,13-14,16H2,1H3. The number of fused-ring (bicyclic) bond motifs is 2. The van der Waals surface area contributed by atoms with Gasteiger partial charge in [0.15, 0.2) is 11.0 Å². The van der Waals surface area contributed by atoms with Crippen LogP contribution in [0.25, 0.3) is 33.1 Å². The molecule has 5 nitrogen and oxygen atoms in total. The molecule has 2 heterocycles. The van der Waals surface area contributed by atoms with E-state index in [1.807, 2.05) is 18.3 Å².